The van der Waals surface area contributed by atoms with Crippen LogP contribution in [0.3, 0.4) is 0 Å². The van der Waals surface area contributed by atoms with E-state index in [-0.39, 0.29) is 35.1 Å². The van der Waals surface area contributed by atoms with Gasteiger partial charge in [0.05, 0.1) is 6.54 Å². The van der Waals surface area contributed by atoms with Crippen LogP contribution >= 0.6 is 23.7 Å². The third-order valence-corrected chi connectivity index (χ3v) is 7.36. The fourth-order valence-electron chi connectivity index (χ4n) is 3.32. The van der Waals surface area contributed by atoms with E-state index in [4.69, 9.17) is 0 Å². The predicted octanol–water partition coefficient (Wildman–Crippen LogP) is 1.19. The lowest BCUT2D eigenvalue weighted by Crippen LogP contribution is -2.50. The molecule has 3 heterocycles. The minimum Gasteiger partial charge on any atom is -0.342 e. The zero-order valence-corrected chi connectivity index (χ0v) is 15.3. The van der Waals surface area contributed by atoms with Gasteiger partial charge in [-0.2, -0.15) is 0 Å². The number of hydrogen-bond donors (Lipinski definition) is 2. The number of hydrogen-bond acceptors (Lipinski definition) is 5. The monoisotopic (exact) mass is 379 g/mol. The molecule has 0 spiro atoms. The summed E-state index contributed by atoms with van der Waals surface area (Å²) in [6.45, 7) is -0.185. The van der Waals surface area contributed by atoms with Crippen LogP contribution in [0.1, 0.15) is 25.7 Å². The highest BCUT2D eigenvalue weighted by molar-refractivity contribution is 7.91. The Morgan fingerprint density at radius 2 is 2.04 bits per heavy atom. The number of carbonyl (C=O) groups is 1. The lowest BCUT2D eigenvalue weighted by Gasteiger charge is -2.35. The average molecular weight is 380 g/mol. The van der Waals surface area contributed by atoms with E-state index < -0.39 is 10.0 Å². The molecule has 0 aliphatic carbocycles. The Morgan fingerprint density at radius 3 is 2.61 bits per heavy atom. The summed E-state index contributed by atoms with van der Waals surface area (Å²) >= 11 is 1.14. The summed E-state index contributed by atoms with van der Waals surface area (Å²) in [7, 11) is -1.80. The zero-order valence-electron chi connectivity index (χ0n) is 12.9. The quantitative estimate of drug-likeness (QED) is 0.805. The largest absolute Gasteiger partial charge is 0.342 e. The van der Waals surface area contributed by atoms with E-state index in [9.17, 15) is 13.2 Å². The number of nitrogens with zero attached hydrogens (tertiary/aromatic N) is 1. The molecule has 2 aliphatic heterocycles. The minimum atomic E-state index is -3.58. The molecule has 0 saturated carbocycles. The molecule has 2 bridgehead atoms. The van der Waals surface area contributed by atoms with Gasteiger partial charge in [-0.1, -0.05) is 6.07 Å². The average Bonchev–Trinajstić information content (AvgIpc) is 3.14. The molecule has 1 amide bonds. The Bertz CT molecular complexity index is 624. The van der Waals surface area contributed by atoms with Crippen molar-refractivity contribution in [3.63, 3.8) is 0 Å². The summed E-state index contributed by atoms with van der Waals surface area (Å²) in [4.78, 5) is 14.0. The second kappa shape index (κ2) is 7.48. The first-order chi connectivity index (χ1) is 10.5. The van der Waals surface area contributed by atoms with Crippen LogP contribution in [0.4, 0.5) is 0 Å². The Balaban J connectivity index is 0.00000192. The maximum Gasteiger partial charge on any atom is 0.250 e. The second-order valence-corrected chi connectivity index (χ2v) is 8.97. The van der Waals surface area contributed by atoms with E-state index in [1.807, 2.05) is 0 Å². The number of fused-ring (bicyclic) bond motifs is 2. The number of piperidine rings is 1. The SMILES string of the molecule is CN(C(=O)CNS(=O)(=O)c1cccs1)C1CC2CCC(C1)N2.Cl. The molecule has 23 heavy (non-hydrogen) atoms. The first-order valence-corrected chi connectivity index (χ1v) is 9.87. The number of halogens is 1. The van der Waals surface area contributed by atoms with Crippen molar-refractivity contribution in [3.05, 3.63) is 17.5 Å². The molecule has 1 aromatic rings. The van der Waals surface area contributed by atoms with Crippen LogP contribution in [0, 0.1) is 0 Å². The van der Waals surface area contributed by atoms with E-state index in [1.54, 1.807) is 23.4 Å². The molecular formula is C14H22ClN3O3S2. The van der Waals surface area contributed by atoms with Gasteiger partial charge in [0.15, 0.2) is 0 Å². The standard InChI is InChI=1S/C14H21N3O3S2.ClH/c1-17(12-7-10-4-5-11(8-12)16-10)13(18)9-15-22(19,20)14-3-2-6-21-14;/h2-3,6,10-12,15-16H,4-5,7-9H2,1H3;1H. The second-order valence-electron chi connectivity index (χ2n) is 6.02. The van der Waals surface area contributed by atoms with Gasteiger partial charge in [0.2, 0.25) is 5.91 Å². The van der Waals surface area contributed by atoms with Gasteiger partial charge in [-0.15, -0.1) is 23.7 Å². The number of carbonyl (C=O) groups excluding carboxylic acids is 1. The summed E-state index contributed by atoms with van der Waals surface area (Å²) in [5, 5.41) is 5.24. The Labute approximate surface area is 147 Å². The molecule has 130 valence electrons. The van der Waals surface area contributed by atoms with Crippen molar-refractivity contribution in [1.82, 2.24) is 14.9 Å². The van der Waals surface area contributed by atoms with E-state index in [2.05, 4.69) is 10.0 Å². The molecule has 2 aliphatic rings. The van der Waals surface area contributed by atoms with Crippen LogP contribution in [0.5, 0.6) is 0 Å². The molecule has 9 heteroatoms. The smallest absolute Gasteiger partial charge is 0.250 e. The van der Waals surface area contributed by atoms with Crippen LogP contribution in [0.2, 0.25) is 0 Å². The van der Waals surface area contributed by atoms with Gasteiger partial charge in [0, 0.05) is 25.2 Å². The van der Waals surface area contributed by atoms with Crippen LogP contribution in [-0.4, -0.2) is 50.9 Å². The first kappa shape index (κ1) is 18.7. The van der Waals surface area contributed by atoms with Gasteiger partial charge in [0.1, 0.15) is 4.21 Å². The normalized spacial score (nSPS) is 26.6. The molecule has 2 fully saturated rings. The summed E-state index contributed by atoms with van der Waals surface area (Å²) in [6, 6.07) is 4.42. The van der Waals surface area contributed by atoms with Gasteiger partial charge in [-0.25, -0.2) is 13.1 Å². The Morgan fingerprint density at radius 1 is 1.39 bits per heavy atom. The molecule has 3 rings (SSSR count). The maximum absolute atomic E-state index is 12.3. The van der Waals surface area contributed by atoms with Crippen molar-refractivity contribution in [2.45, 2.75) is 48.0 Å². The van der Waals surface area contributed by atoms with E-state index >= 15 is 0 Å². The van der Waals surface area contributed by atoms with Crippen molar-refractivity contribution < 1.29 is 13.2 Å². The van der Waals surface area contributed by atoms with Crippen molar-refractivity contribution in [1.29, 1.82) is 0 Å². The van der Waals surface area contributed by atoms with Crippen molar-refractivity contribution >= 4 is 39.7 Å². The van der Waals surface area contributed by atoms with Gasteiger partial charge >= 0.3 is 0 Å². The van der Waals surface area contributed by atoms with Crippen molar-refractivity contribution in [2.75, 3.05) is 13.6 Å². The number of rotatable bonds is 5. The molecule has 6 nitrogen and oxygen atoms in total. The highest BCUT2D eigenvalue weighted by Gasteiger charge is 2.36. The van der Waals surface area contributed by atoms with E-state index in [1.165, 1.54) is 18.9 Å². The fourth-order valence-corrected chi connectivity index (χ4v) is 5.33. The van der Waals surface area contributed by atoms with Crippen molar-refractivity contribution in [2.24, 2.45) is 0 Å². The molecule has 0 radical (unpaired) electrons. The van der Waals surface area contributed by atoms with Gasteiger partial charge in [0.25, 0.3) is 10.0 Å². The van der Waals surface area contributed by atoms with Crippen LogP contribution in [0.15, 0.2) is 21.7 Å². The lowest BCUT2D eigenvalue weighted by molar-refractivity contribution is -0.131. The molecule has 2 atom stereocenters. The van der Waals surface area contributed by atoms with Crippen LogP contribution in [-0.2, 0) is 14.8 Å². The molecule has 2 N–H and O–H groups in total. The third-order valence-electron chi connectivity index (χ3n) is 4.56. The van der Waals surface area contributed by atoms with E-state index in [0.29, 0.717) is 12.1 Å². The topological polar surface area (TPSA) is 78.5 Å². The number of amides is 1. The Kier molecular flexibility index (Phi) is 6.07. The predicted molar refractivity (Wildman–Crippen MR) is 92.5 cm³/mol. The molecule has 1 aromatic heterocycles. The summed E-state index contributed by atoms with van der Waals surface area (Å²) in [5.74, 6) is -0.175. The Hall–Kier alpha value is -0.670. The maximum atomic E-state index is 12.3. The number of nitrogens with one attached hydrogen (secondary N) is 2. The fraction of sp³-hybridized carbons (Fsp3) is 0.643. The minimum absolute atomic E-state index is 0. The first-order valence-electron chi connectivity index (χ1n) is 7.50. The number of likely N-dealkylation sites (N-methyl/N-ethyl adjacent to an activating group) is 1. The summed E-state index contributed by atoms with van der Waals surface area (Å²) in [5.41, 5.74) is 0. The van der Waals surface area contributed by atoms with Gasteiger partial charge in [-0.3, -0.25) is 4.79 Å². The molecular weight excluding hydrogens is 358 g/mol. The lowest BCUT2D eigenvalue weighted by atomic mass is 9.98. The molecule has 0 aromatic carbocycles. The van der Waals surface area contributed by atoms with Crippen LogP contribution in [0.25, 0.3) is 0 Å². The number of thiophene rings is 1. The van der Waals surface area contributed by atoms with Gasteiger partial charge < -0.3 is 10.2 Å². The van der Waals surface area contributed by atoms with E-state index in [0.717, 1.165) is 24.2 Å². The van der Waals surface area contributed by atoms with Crippen LogP contribution < -0.4 is 10.0 Å². The molecule has 2 saturated heterocycles. The summed E-state index contributed by atoms with van der Waals surface area (Å²) in [6.07, 6.45) is 4.26. The van der Waals surface area contributed by atoms with Crippen molar-refractivity contribution in [3.8, 4) is 0 Å². The molecule has 2 unspecified atom stereocenters. The third kappa shape index (κ3) is 4.24. The zero-order chi connectivity index (χ0) is 15.7. The highest BCUT2D eigenvalue weighted by atomic mass is 35.5. The van der Waals surface area contributed by atoms with Gasteiger partial charge in [-0.05, 0) is 37.1 Å². The number of sulfonamides is 1. The summed E-state index contributed by atoms with van der Waals surface area (Å²) < 4.78 is 26.7. The highest BCUT2D eigenvalue weighted by Crippen LogP contribution is 2.29.